The Morgan fingerprint density at radius 1 is 1.00 bits per heavy atom. The highest BCUT2D eigenvalue weighted by Crippen LogP contribution is 2.23. The first-order valence-electron chi connectivity index (χ1n) is 6.39. The molecule has 0 heterocycles. The normalized spacial score (nSPS) is 10.7. The molecule has 0 aliphatic heterocycles. The summed E-state index contributed by atoms with van der Waals surface area (Å²) in [5, 5.41) is 9.70. The minimum absolute atomic E-state index is 0.320. The van der Waals surface area contributed by atoms with Crippen LogP contribution in [0, 0.1) is 0 Å². The van der Waals surface area contributed by atoms with E-state index in [0.29, 0.717) is 12.2 Å². The summed E-state index contributed by atoms with van der Waals surface area (Å²) in [7, 11) is 3.26. The van der Waals surface area contributed by atoms with Gasteiger partial charge in [0.25, 0.3) is 0 Å². The van der Waals surface area contributed by atoms with E-state index in [4.69, 9.17) is 9.47 Å². The Labute approximate surface area is 119 Å². The van der Waals surface area contributed by atoms with E-state index < -0.39 is 0 Å². The van der Waals surface area contributed by atoms with Crippen LogP contribution in [-0.2, 0) is 6.42 Å². The summed E-state index contributed by atoms with van der Waals surface area (Å²) in [6, 6.07) is 13.0. The van der Waals surface area contributed by atoms with Crippen molar-refractivity contribution < 1.29 is 14.6 Å². The fourth-order valence-electron chi connectivity index (χ4n) is 1.93. The lowest BCUT2D eigenvalue weighted by molar-refractivity contribution is 0.394. The Bertz CT molecular complexity index is 581. The molecule has 2 aromatic carbocycles. The van der Waals surface area contributed by atoms with Crippen molar-refractivity contribution >= 4 is 6.08 Å². The molecule has 0 radical (unpaired) electrons. The second kappa shape index (κ2) is 6.66. The van der Waals surface area contributed by atoms with Gasteiger partial charge in [0.05, 0.1) is 14.2 Å². The molecular weight excluding hydrogens is 252 g/mol. The third-order valence-electron chi connectivity index (χ3n) is 3.01. The number of phenolic OH excluding ortho intramolecular Hbond substituents is 1. The molecule has 0 bridgehead atoms. The van der Waals surface area contributed by atoms with Crippen LogP contribution >= 0.6 is 0 Å². The van der Waals surface area contributed by atoms with Crippen LogP contribution in [0.3, 0.4) is 0 Å². The van der Waals surface area contributed by atoms with E-state index in [-0.39, 0.29) is 0 Å². The van der Waals surface area contributed by atoms with E-state index >= 15 is 0 Å². The Morgan fingerprint density at radius 2 is 1.65 bits per heavy atom. The molecular formula is C17H18O3. The molecule has 2 aromatic rings. The summed E-state index contributed by atoms with van der Waals surface area (Å²) in [6.07, 6.45) is 4.66. The Kier molecular flexibility index (Phi) is 4.66. The van der Waals surface area contributed by atoms with Crippen molar-refractivity contribution in [3.63, 3.8) is 0 Å². The van der Waals surface area contributed by atoms with Gasteiger partial charge >= 0.3 is 0 Å². The quantitative estimate of drug-likeness (QED) is 0.901. The van der Waals surface area contributed by atoms with Gasteiger partial charge in [0.1, 0.15) is 17.2 Å². The van der Waals surface area contributed by atoms with Crippen LogP contribution in [0.2, 0.25) is 0 Å². The third kappa shape index (κ3) is 3.54. The van der Waals surface area contributed by atoms with Crippen molar-refractivity contribution in [3.8, 4) is 17.2 Å². The zero-order valence-corrected chi connectivity index (χ0v) is 11.7. The molecule has 3 nitrogen and oxygen atoms in total. The average molecular weight is 270 g/mol. The van der Waals surface area contributed by atoms with Gasteiger partial charge in [-0.2, -0.15) is 0 Å². The Balaban J connectivity index is 2.13. The molecule has 0 saturated carbocycles. The molecule has 104 valence electrons. The number of para-hydroxylation sites is 1. The first-order valence-corrected chi connectivity index (χ1v) is 6.39. The number of benzene rings is 2. The Morgan fingerprint density at radius 3 is 2.25 bits per heavy atom. The number of hydrogen-bond acceptors (Lipinski definition) is 3. The summed E-state index contributed by atoms with van der Waals surface area (Å²) < 4.78 is 10.5. The van der Waals surface area contributed by atoms with Gasteiger partial charge in [-0.25, -0.2) is 0 Å². The first-order chi connectivity index (χ1) is 9.72. The van der Waals surface area contributed by atoms with Gasteiger partial charge in [-0.3, -0.25) is 0 Å². The van der Waals surface area contributed by atoms with Gasteiger partial charge < -0.3 is 14.6 Å². The molecule has 0 spiro atoms. The second-order valence-electron chi connectivity index (χ2n) is 4.38. The lowest BCUT2D eigenvalue weighted by Gasteiger charge is -2.06. The van der Waals surface area contributed by atoms with E-state index in [2.05, 4.69) is 0 Å². The van der Waals surface area contributed by atoms with Crippen molar-refractivity contribution in [3.05, 3.63) is 59.7 Å². The minimum atomic E-state index is 0.320. The van der Waals surface area contributed by atoms with Crippen LogP contribution in [0.15, 0.2) is 48.5 Å². The van der Waals surface area contributed by atoms with Gasteiger partial charge in [0.15, 0.2) is 0 Å². The molecule has 0 saturated heterocycles. The van der Waals surface area contributed by atoms with E-state index in [9.17, 15) is 5.11 Å². The molecule has 0 aliphatic rings. The van der Waals surface area contributed by atoms with Gasteiger partial charge in [0, 0.05) is 6.07 Å². The SMILES string of the molecule is COc1cc(/C=C/Cc2ccccc2O)cc(OC)c1. The number of rotatable bonds is 5. The highest BCUT2D eigenvalue weighted by molar-refractivity contribution is 5.55. The summed E-state index contributed by atoms with van der Waals surface area (Å²) >= 11 is 0. The molecule has 0 atom stereocenters. The maximum Gasteiger partial charge on any atom is 0.123 e. The first kappa shape index (κ1) is 14.0. The van der Waals surface area contributed by atoms with Crippen LogP contribution in [0.5, 0.6) is 17.2 Å². The number of allylic oxidation sites excluding steroid dienone is 1. The van der Waals surface area contributed by atoms with Crippen molar-refractivity contribution in [2.75, 3.05) is 14.2 Å². The molecule has 0 aliphatic carbocycles. The zero-order chi connectivity index (χ0) is 14.4. The number of methoxy groups -OCH3 is 2. The summed E-state index contributed by atoms with van der Waals surface area (Å²) in [6.45, 7) is 0. The molecule has 20 heavy (non-hydrogen) atoms. The molecule has 0 unspecified atom stereocenters. The van der Waals surface area contributed by atoms with E-state index in [0.717, 1.165) is 22.6 Å². The predicted molar refractivity (Wildman–Crippen MR) is 80.4 cm³/mol. The number of phenols is 1. The standard InChI is InChI=1S/C17H18O3/c1-19-15-10-13(11-16(12-15)20-2)6-5-8-14-7-3-4-9-17(14)18/h3-7,9-12,18H,8H2,1-2H3/b6-5+. The lowest BCUT2D eigenvalue weighted by Crippen LogP contribution is -1.88. The number of aromatic hydroxyl groups is 1. The van der Waals surface area contributed by atoms with Crippen LogP contribution in [0.4, 0.5) is 0 Å². The van der Waals surface area contributed by atoms with Crippen LogP contribution < -0.4 is 9.47 Å². The maximum absolute atomic E-state index is 9.70. The Hall–Kier alpha value is -2.42. The highest BCUT2D eigenvalue weighted by Gasteiger charge is 2.00. The predicted octanol–water partition coefficient (Wildman–Crippen LogP) is 3.67. The molecule has 0 amide bonds. The number of hydrogen-bond donors (Lipinski definition) is 1. The molecule has 1 N–H and O–H groups in total. The van der Waals surface area contributed by atoms with Crippen LogP contribution in [0.25, 0.3) is 6.08 Å². The van der Waals surface area contributed by atoms with Gasteiger partial charge in [0.2, 0.25) is 0 Å². The maximum atomic E-state index is 9.70. The summed E-state index contributed by atoms with van der Waals surface area (Å²) in [4.78, 5) is 0. The fraction of sp³-hybridized carbons (Fsp3) is 0.176. The van der Waals surface area contributed by atoms with Crippen LogP contribution in [-0.4, -0.2) is 19.3 Å². The number of ether oxygens (including phenoxy) is 2. The lowest BCUT2D eigenvalue weighted by atomic mass is 10.1. The minimum Gasteiger partial charge on any atom is -0.508 e. The fourth-order valence-corrected chi connectivity index (χ4v) is 1.93. The van der Waals surface area contributed by atoms with Crippen molar-refractivity contribution in [2.45, 2.75) is 6.42 Å². The summed E-state index contributed by atoms with van der Waals surface area (Å²) in [5.74, 6) is 1.83. The molecule has 2 rings (SSSR count). The molecule has 3 heteroatoms. The summed E-state index contributed by atoms with van der Waals surface area (Å²) in [5.41, 5.74) is 1.90. The van der Waals surface area contributed by atoms with E-state index in [1.54, 1.807) is 20.3 Å². The second-order valence-corrected chi connectivity index (χ2v) is 4.38. The van der Waals surface area contributed by atoms with Crippen molar-refractivity contribution in [1.82, 2.24) is 0 Å². The topological polar surface area (TPSA) is 38.7 Å². The van der Waals surface area contributed by atoms with Gasteiger partial charge in [-0.1, -0.05) is 30.4 Å². The molecule has 0 aromatic heterocycles. The molecule has 0 fully saturated rings. The van der Waals surface area contributed by atoms with Crippen molar-refractivity contribution in [2.24, 2.45) is 0 Å². The van der Waals surface area contributed by atoms with Crippen LogP contribution in [0.1, 0.15) is 11.1 Å². The van der Waals surface area contributed by atoms with E-state index in [1.165, 1.54) is 0 Å². The van der Waals surface area contributed by atoms with Gasteiger partial charge in [-0.05, 0) is 35.7 Å². The average Bonchev–Trinajstić information content (AvgIpc) is 2.48. The smallest absolute Gasteiger partial charge is 0.123 e. The van der Waals surface area contributed by atoms with Gasteiger partial charge in [-0.15, -0.1) is 0 Å². The van der Waals surface area contributed by atoms with Crippen molar-refractivity contribution in [1.29, 1.82) is 0 Å². The highest BCUT2D eigenvalue weighted by atomic mass is 16.5. The zero-order valence-electron chi connectivity index (χ0n) is 11.7. The monoisotopic (exact) mass is 270 g/mol. The third-order valence-corrected chi connectivity index (χ3v) is 3.01. The van der Waals surface area contributed by atoms with E-state index in [1.807, 2.05) is 48.6 Å². The largest absolute Gasteiger partial charge is 0.508 e.